The van der Waals surface area contributed by atoms with Crippen LogP contribution < -0.4 is 4.90 Å². The van der Waals surface area contributed by atoms with Crippen LogP contribution in [0, 0.1) is 11.3 Å². The van der Waals surface area contributed by atoms with E-state index in [0.717, 1.165) is 29.0 Å². The van der Waals surface area contributed by atoms with Gasteiger partial charge in [-0.1, -0.05) is 0 Å². The summed E-state index contributed by atoms with van der Waals surface area (Å²) < 4.78 is 1.13. The predicted molar refractivity (Wildman–Crippen MR) is 89.7 cm³/mol. The number of pyridine rings is 1. The first kappa shape index (κ1) is 14.6. The molecule has 0 saturated carbocycles. The average Bonchev–Trinajstić information content (AvgIpc) is 2.90. The van der Waals surface area contributed by atoms with Crippen molar-refractivity contribution in [2.24, 2.45) is 0 Å². The molecule has 0 amide bonds. The highest BCUT2D eigenvalue weighted by Crippen LogP contribution is 2.28. The molecule has 1 aliphatic carbocycles. The molecule has 5 heteroatoms. The lowest BCUT2D eigenvalue weighted by atomic mass is 9.95. The summed E-state index contributed by atoms with van der Waals surface area (Å²) in [6.45, 7) is 0.766. The molecule has 0 aliphatic heterocycles. The van der Waals surface area contributed by atoms with Crippen molar-refractivity contribution in [3.63, 3.8) is 0 Å². The molecule has 2 heterocycles. The van der Waals surface area contributed by atoms with E-state index >= 15 is 0 Å². The van der Waals surface area contributed by atoms with Gasteiger partial charge in [0.05, 0.1) is 9.35 Å². The third kappa shape index (κ3) is 3.12. The number of nitrogens with zero attached hydrogens (tertiary/aromatic N) is 3. The molecule has 2 aromatic rings. The zero-order valence-corrected chi connectivity index (χ0v) is 14.3. The molecule has 0 radical (unpaired) electrons. The Balaban J connectivity index is 1.91. The van der Waals surface area contributed by atoms with Crippen LogP contribution in [0.4, 0.5) is 5.82 Å². The second kappa shape index (κ2) is 6.17. The molecule has 3 nitrogen and oxygen atoms in total. The van der Waals surface area contributed by atoms with Crippen LogP contribution in [0.1, 0.15) is 35.2 Å². The lowest BCUT2D eigenvalue weighted by Crippen LogP contribution is -2.20. The molecule has 108 valence electrons. The van der Waals surface area contributed by atoms with Crippen LogP contribution in [0.2, 0.25) is 0 Å². The van der Waals surface area contributed by atoms with Crippen molar-refractivity contribution in [1.82, 2.24) is 4.98 Å². The number of halogens is 1. The number of aromatic nitrogens is 1. The molecular formula is C16H16BrN3S. The van der Waals surface area contributed by atoms with Gasteiger partial charge in [-0.25, -0.2) is 4.98 Å². The van der Waals surface area contributed by atoms with E-state index in [1.165, 1.54) is 29.7 Å². The maximum Gasteiger partial charge on any atom is 0.146 e. The SMILES string of the molecule is CN(Cc1csc(Br)c1)c1nc2c(cc1C#N)CCCC2. The minimum Gasteiger partial charge on any atom is -0.354 e. The highest BCUT2D eigenvalue weighted by atomic mass is 79.9. The van der Waals surface area contributed by atoms with Gasteiger partial charge in [0, 0.05) is 19.3 Å². The van der Waals surface area contributed by atoms with E-state index in [2.05, 4.69) is 38.3 Å². The number of anilines is 1. The Morgan fingerprint density at radius 2 is 2.19 bits per heavy atom. The number of fused-ring (bicyclic) bond motifs is 1. The Morgan fingerprint density at radius 3 is 2.90 bits per heavy atom. The summed E-state index contributed by atoms with van der Waals surface area (Å²) in [5, 5.41) is 11.5. The van der Waals surface area contributed by atoms with E-state index in [0.29, 0.717) is 5.56 Å². The Kier molecular flexibility index (Phi) is 4.27. The fourth-order valence-electron chi connectivity index (χ4n) is 2.77. The lowest BCUT2D eigenvalue weighted by Gasteiger charge is -2.22. The topological polar surface area (TPSA) is 39.9 Å². The predicted octanol–water partition coefficient (Wildman–Crippen LogP) is 4.29. The second-order valence-corrected chi connectivity index (χ2v) is 7.69. The van der Waals surface area contributed by atoms with Gasteiger partial charge >= 0.3 is 0 Å². The maximum atomic E-state index is 9.42. The van der Waals surface area contributed by atoms with Gasteiger partial charge in [-0.05, 0) is 70.3 Å². The summed E-state index contributed by atoms with van der Waals surface area (Å²) in [5.41, 5.74) is 4.35. The molecule has 0 fully saturated rings. The highest BCUT2D eigenvalue weighted by molar-refractivity contribution is 9.11. The van der Waals surface area contributed by atoms with Crippen molar-refractivity contribution in [3.05, 3.63) is 43.7 Å². The molecule has 21 heavy (non-hydrogen) atoms. The molecule has 2 aromatic heterocycles. The minimum absolute atomic E-state index is 0.687. The van der Waals surface area contributed by atoms with Crippen LogP contribution in [0.25, 0.3) is 0 Å². The zero-order chi connectivity index (χ0) is 14.8. The number of thiophene rings is 1. The lowest BCUT2D eigenvalue weighted by molar-refractivity contribution is 0.665. The monoisotopic (exact) mass is 361 g/mol. The molecule has 0 aromatic carbocycles. The van der Waals surface area contributed by atoms with Gasteiger partial charge in [0.25, 0.3) is 0 Å². The van der Waals surface area contributed by atoms with Crippen molar-refractivity contribution >= 4 is 33.1 Å². The smallest absolute Gasteiger partial charge is 0.146 e. The second-order valence-electron chi connectivity index (χ2n) is 5.40. The zero-order valence-electron chi connectivity index (χ0n) is 11.9. The Hall–Kier alpha value is -1.38. The summed E-state index contributed by atoms with van der Waals surface area (Å²) in [5.74, 6) is 0.806. The van der Waals surface area contributed by atoms with Crippen LogP contribution in [0.3, 0.4) is 0 Å². The van der Waals surface area contributed by atoms with Crippen molar-refractivity contribution in [2.45, 2.75) is 32.2 Å². The molecule has 0 unspecified atom stereocenters. The Labute approximate surface area is 137 Å². The molecule has 0 spiro atoms. The van der Waals surface area contributed by atoms with E-state index in [1.54, 1.807) is 11.3 Å². The molecule has 1 aliphatic rings. The Bertz CT molecular complexity index is 702. The van der Waals surface area contributed by atoms with Gasteiger partial charge in [0.15, 0.2) is 0 Å². The van der Waals surface area contributed by atoms with E-state index in [9.17, 15) is 5.26 Å². The van der Waals surface area contributed by atoms with Crippen LogP contribution in [-0.4, -0.2) is 12.0 Å². The molecular weight excluding hydrogens is 346 g/mol. The van der Waals surface area contributed by atoms with Crippen molar-refractivity contribution in [3.8, 4) is 6.07 Å². The van der Waals surface area contributed by atoms with E-state index in [-0.39, 0.29) is 0 Å². The van der Waals surface area contributed by atoms with Gasteiger partial charge in [0.2, 0.25) is 0 Å². The van der Waals surface area contributed by atoms with Crippen molar-refractivity contribution < 1.29 is 0 Å². The molecule has 0 saturated heterocycles. The fraction of sp³-hybridized carbons (Fsp3) is 0.375. The first-order chi connectivity index (χ1) is 10.2. The fourth-order valence-corrected chi connectivity index (χ4v) is 3.97. The molecule has 0 atom stereocenters. The van der Waals surface area contributed by atoms with E-state index in [1.807, 2.05) is 13.1 Å². The third-order valence-electron chi connectivity index (χ3n) is 3.80. The number of aryl methyl sites for hydroxylation is 2. The first-order valence-corrected chi connectivity index (χ1v) is 8.71. The standard InChI is InChI=1S/C16H16BrN3S/c1-20(9-11-6-15(17)21-10-11)16-13(8-18)7-12-4-2-3-5-14(12)19-16/h6-7,10H,2-5,9H2,1H3. The number of nitriles is 1. The summed E-state index contributed by atoms with van der Waals surface area (Å²) in [4.78, 5) is 6.85. The maximum absolute atomic E-state index is 9.42. The molecule has 0 N–H and O–H groups in total. The van der Waals surface area contributed by atoms with Crippen molar-refractivity contribution in [2.75, 3.05) is 11.9 Å². The van der Waals surface area contributed by atoms with E-state index < -0.39 is 0 Å². The minimum atomic E-state index is 0.687. The van der Waals surface area contributed by atoms with E-state index in [4.69, 9.17) is 4.98 Å². The van der Waals surface area contributed by atoms with Gasteiger partial charge in [-0.2, -0.15) is 5.26 Å². The van der Waals surface area contributed by atoms with Gasteiger partial charge in [0.1, 0.15) is 11.9 Å². The average molecular weight is 362 g/mol. The van der Waals surface area contributed by atoms with Crippen LogP contribution in [0.5, 0.6) is 0 Å². The van der Waals surface area contributed by atoms with Gasteiger partial charge < -0.3 is 4.90 Å². The van der Waals surface area contributed by atoms with Crippen LogP contribution >= 0.6 is 27.3 Å². The summed E-state index contributed by atoms with van der Waals surface area (Å²) in [6, 6.07) is 6.46. The summed E-state index contributed by atoms with van der Waals surface area (Å²) in [7, 11) is 2.00. The highest BCUT2D eigenvalue weighted by Gasteiger charge is 2.17. The third-order valence-corrected chi connectivity index (χ3v) is 5.36. The number of rotatable bonds is 3. The van der Waals surface area contributed by atoms with Crippen LogP contribution in [-0.2, 0) is 19.4 Å². The quantitative estimate of drug-likeness (QED) is 0.818. The molecule has 3 rings (SSSR count). The van der Waals surface area contributed by atoms with Gasteiger partial charge in [-0.15, -0.1) is 11.3 Å². The summed E-state index contributed by atoms with van der Waals surface area (Å²) >= 11 is 5.17. The Morgan fingerprint density at radius 1 is 1.38 bits per heavy atom. The van der Waals surface area contributed by atoms with Gasteiger partial charge in [-0.3, -0.25) is 0 Å². The normalized spacial score (nSPS) is 13.6. The molecule has 0 bridgehead atoms. The first-order valence-electron chi connectivity index (χ1n) is 7.04. The van der Waals surface area contributed by atoms with Crippen molar-refractivity contribution in [1.29, 1.82) is 5.26 Å². The summed E-state index contributed by atoms with van der Waals surface area (Å²) in [6.07, 6.45) is 4.49. The number of hydrogen-bond donors (Lipinski definition) is 0. The largest absolute Gasteiger partial charge is 0.354 e. The van der Waals surface area contributed by atoms with Crippen LogP contribution in [0.15, 0.2) is 21.3 Å². The number of hydrogen-bond acceptors (Lipinski definition) is 4.